The number of phenolic OH excluding ortho intramolecular Hbond substituents is 1. The highest BCUT2D eigenvalue weighted by atomic mass is 32.2. The van der Waals surface area contributed by atoms with Crippen molar-refractivity contribution in [1.29, 1.82) is 0 Å². The summed E-state index contributed by atoms with van der Waals surface area (Å²) < 4.78 is 1.46. The van der Waals surface area contributed by atoms with Crippen LogP contribution >= 0.6 is 11.8 Å². The maximum atomic E-state index is 10.9. The van der Waals surface area contributed by atoms with E-state index in [1.165, 1.54) is 10.9 Å². The van der Waals surface area contributed by atoms with Gasteiger partial charge < -0.3 is 10.2 Å². The average Bonchev–Trinajstić information content (AvgIpc) is 2.86. The lowest BCUT2D eigenvalue weighted by molar-refractivity contribution is 0.420. The number of hydrogen-bond donors (Lipinski definition) is 2. The van der Waals surface area contributed by atoms with Crippen LogP contribution in [-0.2, 0) is 10.8 Å². The van der Waals surface area contributed by atoms with E-state index in [1.54, 1.807) is 11.8 Å². The highest BCUT2D eigenvalue weighted by molar-refractivity contribution is 7.99. The molecular weight excluding hydrogens is 334 g/mol. The van der Waals surface area contributed by atoms with Crippen molar-refractivity contribution in [2.75, 3.05) is 5.75 Å². The molecular formula is C19H25N3O2S. The zero-order valence-electron chi connectivity index (χ0n) is 15.6. The molecule has 0 saturated carbocycles. The van der Waals surface area contributed by atoms with Crippen molar-refractivity contribution in [2.24, 2.45) is 5.10 Å². The molecule has 0 amide bonds. The molecule has 2 heterocycles. The van der Waals surface area contributed by atoms with Gasteiger partial charge in [0.2, 0.25) is 5.88 Å². The Balaban J connectivity index is 2.21. The number of rotatable bonds is 1. The van der Waals surface area contributed by atoms with Crippen LogP contribution < -0.4 is 0 Å². The molecule has 134 valence electrons. The third-order valence-corrected chi connectivity index (χ3v) is 5.26. The van der Waals surface area contributed by atoms with Crippen molar-refractivity contribution >= 4 is 17.5 Å². The Labute approximate surface area is 152 Å². The fourth-order valence-electron chi connectivity index (χ4n) is 2.88. The van der Waals surface area contributed by atoms with Crippen LogP contribution in [0.3, 0.4) is 0 Å². The molecule has 0 radical (unpaired) electrons. The van der Waals surface area contributed by atoms with E-state index in [0.29, 0.717) is 16.7 Å². The fraction of sp³-hybridized carbons (Fsp3) is 0.474. The third-order valence-electron chi connectivity index (χ3n) is 4.31. The van der Waals surface area contributed by atoms with E-state index in [4.69, 9.17) is 0 Å². The molecule has 1 aliphatic rings. The van der Waals surface area contributed by atoms with Crippen LogP contribution in [0.15, 0.2) is 28.6 Å². The third kappa shape index (κ3) is 3.27. The van der Waals surface area contributed by atoms with Gasteiger partial charge in [-0.05, 0) is 28.5 Å². The number of thioether (sulfide) groups is 1. The van der Waals surface area contributed by atoms with Crippen LogP contribution in [0, 0.1) is 0 Å². The van der Waals surface area contributed by atoms with E-state index in [-0.39, 0.29) is 16.7 Å². The predicted octanol–water partition coefficient (Wildman–Crippen LogP) is 4.25. The van der Waals surface area contributed by atoms with Gasteiger partial charge in [0.05, 0.1) is 11.9 Å². The van der Waals surface area contributed by atoms with Gasteiger partial charge in [0.1, 0.15) is 5.75 Å². The van der Waals surface area contributed by atoms with Crippen LogP contribution in [-0.4, -0.2) is 31.3 Å². The largest absolute Gasteiger partial charge is 0.507 e. The second-order valence-corrected chi connectivity index (χ2v) is 9.41. The SMILES string of the molecule is CC(C)(C)c1cc(C2=Nn3c(O)cnc3SC2)cc(C(C)(C)C)c1O. The first-order valence-corrected chi connectivity index (χ1v) is 9.33. The van der Waals surface area contributed by atoms with Crippen LogP contribution in [0.4, 0.5) is 0 Å². The van der Waals surface area contributed by atoms with Crippen LogP contribution in [0.1, 0.15) is 58.2 Å². The highest BCUT2D eigenvalue weighted by Crippen LogP contribution is 2.40. The Kier molecular flexibility index (Phi) is 4.14. The molecule has 2 aromatic rings. The van der Waals surface area contributed by atoms with Crippen LogP contribution in [0.2, 0.25) is 0 Å². The quantitative estimate of drug-likeness (QED) is 0.799. The lowest BCUT2D eigenvalue weighted by Gasteiger charge is -2.28. The van der Waals surface area contributed by atoms with E-state index in [2.05, 4.69) is 51.6 Å². The number of fused-ring (bicyclic) bond motifs is 1. The Morgan fingerprint density at radius 1 is 1.00 bits per heavy atom. The first kappa shape index (κ1) is 17.9. The summed E-state index contributed by atoms with van der Waals surface area (Å²) in [6, 6.07) is 4.03. The molecule has 0 atom stereocenters. The predicted molar refractivity (Wildman–Crippen MR) is 102 cm³/mol. The van der Waals surface area contributed by atoms with E-state index in [9.17, 15) is 10.2 Å². The van der Waals surface area contributed by atoms with Crippen molar-refractivity contribution in [1.82, 2.24) is 9.66 Å². The standard InChI is InChI=1S/C19H25N3O2S/c1-18(2,3)12-7-11(8-13(16(12)24)19(4,5)6)14-10-25-17-20-9-15(23)22(17)21-14/h7-9,23-24H,10H2,1-6H3. The number of imidazole rings is 1. The summed E-state index contributed by atoms with van der Waals surface area (Å²) >= 11 is 1.54. The Hall–Kier alpha value is -1.95. The maximum absolute atomic E-state index is 10.9. The monoisotopic (exact) mass is 359 g/mol. The van der Waals surface area contributed by atoms with E-state index >= 15 is 0 Å². The first-order valence-electron chi connectivity index (χ1n) is 8.34. The van der Waals surface area contributed by atoms with E-state index < -0.39 is 0 Å². The molecule has 0 spiro atoms. The summed E-state index contributed by atoms with van der Waals surface area (Å²) in [5.74, 6) is 1.07. The maximum Gasteiger partial charge on any atom is 0.233 e. The number of aromatic nitrogens is 2. The average molecular weight is 359 g/mol. The van der Waals surface area contributed by atoms with Crippen LogP contribution in [0.5, 0.6) is 11.6 Å². The Morgan fingerprint density at radius 2 is 1.56 bits per heavy atom. The summed E-state index contributed by atoms with van der Waals surface area (Å²) in [6.07, 6.45) is 1.41. The summed E-state index contributed by atoms with van der Waals surface area (Å²) in [5.41, 5.74) is 3.27. The van der Waals surface area contributed by atoms with Gasteiger partial charge in [0.15, 0.2) is 5.16 Å². The number of aromatic hydroxyl groups is 2. The minimum absolute atomic E-state index is 0.0329. The molecule has 1 aromatic heterocycles. The molecule has 3 rings (SSSR count). The molecule has 0 aliphatic carbocycles. The molecule has 5 nitrogen and oxygen atoms in total. The molecule has 2 N–H and O–H groups in total. The van der Waals surface area contributed by atoms with Crippen LogP contribution in [0.25, 0.3) is 0 Å². The zero-order valence-corrected chi connectivity index (χ0v) is 16.4. The normalized spacial score (nSPS) is 15.0. The number of hydrogen-bond acceptors (Lipinski definition) is 5. The van der Waals surface area contributed by atoms with E-state index in [0.717, 1.165) is 22.4 Å². The smallest absolute Gasteiger partial charge is 0.233 e. The van der Waals surface area contributed by atoms with Crippen molar-refractivity contribution in [3.05, 3.63) is 35.0 Å². The fourth-order valence-corrected chi connectivity index (χ4v) is 3.75. The van der Waals surface area contributed by atoms with Gasteiger partial charge in [-0.15, -0.1) is 0 Å². The highest BCUT2D eigenvalue weighted by Gasteiger charge is 2.28. The molecule has 6 heteroatoms. The van der Waals surface area contributed by atoms with Gasteiger partial charge in [0.25, 0.3) is 0 Å². The van der Waals surface area contributed by atoms with Crippen molar-refractivity contribution < 1.29 is 10.2 Å². The summed E-state index contributed by atoms with van der Waals surface area (Å²) in [4.78, 5) is 4.14. The number of benzene rings is 1. The van der Waals surface area contributed by atoms with Gasteiger partial charge in [-0.1, -0.05) is 53.3 Å². The summed E-state index contributed by atoms with van der Waals surface area (Å²) in [7, 11) is 0. The molecule has 0 unspecified atom stereocenters. The Bertz CT molecular complexity index is 820. The number of phenols is 1. The minimum atomic E-state index is -0.190. The van der Waals surface area contributed by atoms with Crippen molar-refractivity contribution in [3.8, 4) is 11.6 Å². The minimum Gasteiger partial charge on any atom is -0.507 e. The topological polar surface area (TPSA) is 70.6 Å². The summed E-state index contributed by atoms with van der Waals surface area (Å²) in [6.45, 7) is 12.6. The van der Waals surface area contributed by atoms with Crippen molar-refractivity contribution in [3.63, 3.8) is 0 Å². The lowest BCUT2D eigenvalue weighted by Crippen LogP contribution is -2.20. The molecule has 0 bridgehead atoms. The Morgan fingerprint density at radius 3 is 2.08 bits per heavy atom. The van der Waals surface area contributed by atoms with E-state index in [1.807, 2.05) is 12.1 Å². The molecule has 25 heavy (non-hydrogen) atoms. The zero-order chi connectivity index (χ0) is 18.6. The second kappa shape index (κ2) is 5.80. The molecule has 0 saturated heterocycles. The van der Waals surface area contributed by atoms with Gasteiger partial charge >= 0.3 is 0 Å². The number of nitrogens with zero attached hydrogens (tertiary/aromatic N) is 3. The van der Waals surface area contributed by atoms with Gasteiger partial charge in [-0.25, -0.2) is 4.98 Å². The van der Waals surface area contributed by atoms with Gasteiger partial charge in [0, 0.05) is 16.9 Å². The van der Waals surface area contributed by atoms with Gasteiger partial charge in [-0.2, -0.15) is 9.78 Å². The second-order valence-electron chi connectivity index (χ2n) is 8.47. The molecule has 1 aromatic carbocycles. The molecule has 0 fully saturated rings. The van der Waals surface area contributed by atoms with Gasteiger partial charge in [-0.3, -0.25) is 0 Å². The summed E-state index contributed by atoms with van der Waals surface area (Å²) in [5, 5.41) is 26.0. The molecule has 1 aliphatic heterocycles. The lowest BCUT2D eigenvalue weighted by atomic mass is 9.78. The first-order chi connectivity index (χ1) is 11.5. The van der Waals surface area contributed by atoms with Crippen molar-refractivity contribution in [2.45, 2.75) is 57.5 Å².